The molecule has 35 heavy (non-hydrogen) atoms. The van der Waals surface area contributed by atoms with Crippen LogP contribution in [0.2, 0.25) is 0 Å². The van der Waals surface area contributed by atoms with Crippen molar-refractivity contribution < 1.29 is 27.8 Å². The van der Waals surface area contributed by atoms with Gasteiger partial charge in [0.05, 0.1) is 12.3 Å². The molecule has 0 radical (unpaired) electrons. The topological polar surface area (TPSA) is 81.7 Å². The maximum atomic E-state index is 13.4. The van der Waals surface area contributed by atoms with E-state index in [-0.39, 0.29) is 18.1 Å². The van der Waals surface area contributed by atoms with Gasteiger partial charge < -0.3 is 19.5 Å². The number of aryl methyl sites for hydroxylation is 1. The van der Waals surface area contributed by atoms with Crippen molar-refractivity contribution in [3.8, 4) is 22.8 Å². The highest BCUT2D eigenvalue weighted by Gasteiger charge is 2.43. The number of nitrogens with zero attached hydrogens (tertiary/aromatic N) is 1. The lowest BCUT2D eigenvalue weighted by Gasteiger charge is -2.26. The lowest BCUT2D eigenvalue weighted by Crippen LogP contribution is -2.28. The van der Waals surface area contributed by atoms with Crippen LogP contribution in [0.5, 0.6) is 11.5 Å². The summed E-state index contributed by atoms with van der Waals surface area (Å²) in [5.41, 5.74) is 3.58. The van der Waals surface area contributed by atoms with Crippen molar-refractivity contribution in [2.24, 2.45) is 0 Å². The number of alkyl halides is 2. The van der Waals surface area contributed by atoms with Gasteiger partial charge in [0.1, 0.15) is 5.82 Å². The Kier molecular flexibility index (Phi) is 6.51. The smallest absolute Gasteiger partial charge is 0.450 e. The molecule has 0 aliphatic carbocycles. The highest BCUT2D eigenvalue weighted by Crippen LogP contribution is 2.43. The Hall–Kier alpha value is -3.88. The zero-order chi connectivity index (χ0) is 25.2. The standard InChI is InChI=1S/C26H27F2N3O4/c1-5-33-24(32)30-19-8-6-7-17(13-19)23-16(2)9-12-22(31-23)29-15-25(3,4)18-10-11-20-21(14-18)35-26(27,28)34-20/h6-14H,5,15H2,1-4H3,(H,29,31)(H,30,32). The molecular weight excluding hydrogens is 456 g/mol. The Morgan fingerprint density at radius 3 is 2.63 bits per heavy atom. The Labute approximate surface area is 202 Å². The van der Waals surface area contributed by atoms with E-state index in [0.717, 1.165) is 22.4 Å². The van der Waals surface area contributed by atoms with Gasteiger partial charge in [-0.1, -0.05) is 38.1 Å². The van der Waals surface area contributed by atoms with Crippen molar-refractivity contribution in [1.82, 2.24) is 4.98 Å². The number of aromatic nitrogens is 1. The Morgan fingerprint density at radius 2 is 1.86 bits per heavy atom. The molecule has 0 unspecified atom stereocenters. The molecule has 2 aromatic carbocycles. The zero-order valence-corrected chi connectivity index (χ0v) is 19.9. The fraction of sp³-hybridized carbons (Fsp3) is 0.308. The summed E-state index contributed by atoms with van der Waals surface area (Å²) in [5, 5.41) is 6.05. The largest absolute Gasteiger partial charge is 0.586 e. The molecule has 2 N–H and O–H groups in total. The summed E-state index contributed by atoms with van der Waals surface area (Å²) in [7, 11) is 0. The number of benzene rings is 2. The maximum Gasteiger partial charge on any atom is 0.586 e. The van der Waals surface area contributed by atoms with Gasteiger partial charge in [0.15, 0.2) is 11.5 Å². The van der Waals surface area contributed by atoms with Crippen LogP contribution >= 0.6 is 0 Å². The number of rotatable bonds is 7. The van der Waals surface area contributed by atoms with Crippen LogP contribution in [0, 0.1) is 6.92 Å². The first kappa shape index (κ1) is 24.3. The van der Waals surface area contributed by atoms with Crippen molar-refractivity contribution >= 4 is 17.6 Å². The maximum absolute atomic E-state index is 13.4. The van der Waals surface area contributed by atoms with Crippen molar-refractivity contribution in [1.29, 1.82) is 0 Å². The number of amides is 1. The molecule has 0 atom stereocenters. The third-order valence-corrected chi connectivity index (χ3v) is 5.65. The van der Waals surface area contributed by atoms with Crippen LogP contribution in [0.15, 0.2) is 54.6 Å². The Balaban J connectivity index is 1.50. The molecule has 0 saturated heterocycles. The first-order valence-electron chi connectivity index (χ1n) is 11.2. The number of carbonyl (C=O) groups is 1. The van der Waals surface area contributed by atoms with E-state index in [0.29, 0.717) is 18.1 Å². The van der Waals surface area contributed by atoms with Crippen LogP contribution < -0.4 is 20.1 Å². The van der Waals surface area contributed by atoms with Gasteiger partial charge in [-0.05, 0) is 55.3 Å². The number of pyridine rings is 1. The second-order valence-electron chi connectivity index (χ2n) is 8.85. The van der Waals surface area contributed by atoms with E-state index in [9.17, 15) is 13.6 Å². The van der Waals surface area contributed by atoms with Crippen molar-refractivity contribution in [3.63, 3.8) is 0 Å². The number of halogens is 2. The summed E-state index contributed by atoms with van der Waals surface area (Å²) < 4.78 is 40.8. The molecule has 0 fully saturated rings. The van der Waals surface area contributed by atoms with Gasteiger partial charge in [-0.15, -0.1) is 8.78 Å². The average molecular weight is 484 g/mol. The highest BCUT2D eigenvalue weighted by molar-refractivity contribution is 5.86. The summed E-state index contributed by atoms with van der Waals surface area (Å²) >= 11 is 0. The second-order valence-corrected chi connectivity index (χ2v) is 8.85. The van der Waals surface area contributed by atoms with Crippen LogP contribution in [-0.4, -0.2) is 30.5 Å². The molecule has 1 amide bonds. The number of carbonyl (C=O) groups excluding carboxylic acids is 1. The molecule has 4 rings (SSSR count). The van der Waals surface area contributed by atoms with Crippen molar-refractivity contribution in [3.05, 3.63) is 65.7 Å². The third kappa shape index (κ3) is 5.62. The van der Waals surface area contributed by atoms with Gasteiger partial charge in [-0.3, -0.25) is 5.32 Å². The predicted octanol–water partition coefficient (Wildman–Crippen LogP) is 6.34. The molecule has 1 aromatic heterocycles. The lowest BCUT2D eigenvalue weighted by molar-refractivity contribution is -0.286. The minimum atomic E-state index is -3.64. The lowest BCUT2D eigenvalue weighted by atomic mass is 9.84. The van der Waals surface area contributed by atoms with Crippen LogP contribution in [0.4, 0.5) is 25.1 Å². The number of anilines is 2. The van der Waals surface area contributed by atoms with Crippen LogP contribution in [-0.2, 0) is 10.2 Å². The van der Waals surface area contributed by atoms with E-state index in [1.807, 2.05) is 51.1 Å². The molecule has 2 heterocycles. The van der Waals surface area contributed by atoms with Crippen molar-refractivity contribution in [2.75, 3.05) is 23.8 Å². The Morgan fingerprint density at radius 1 is 1.09 bits per heavy atom. The molecular formula is C26H27F2N3O4. The molecule has 0 spiro atoms. The van der Waals surface area contributed by atoms with Crippen molar-refractivity contribution in [2.45, 2.75) is 39.4 Å². The minimum absolute atomic E-state index is 0.0204. The molecule has 7 nitrogen and oxygen atoms in total. The number of hydrogen-bond donors (Lipinski definition) is 2. The normalized spacial score (nSPS) is 13.9. The highest BCUT2D eigenvalue weighted by atomic mass is 19.3. The van der Waals surface area contributed by atoms with E-state index in [1.54, 1.807) is 25.1 Å². The molecule has 184 valence electrons. The molecule has 3 aromatic rings. The number of fused-ring (bicyclic) bond motifs is 1. The van der Waals surface area contributed by atoms with Crippen LogP contribution in [0.25, 0.3) is 11.3 Å². The molecule has 1 aliphatic rings. The number of nitrogens with one attached hydrogen (secondary N) is 2. The average Bonchev–Trinajstić information content (AvgIpc) is 3.12. The van der Waals surface area contributed by atoms with E-state index < -0.39 is 17.8 Å². The molecule has 1 aliphatic heterocycles. The van der Waals surface area contributed by atoms with E-state index >= 15 is 0 Å². The van der Waals surface area contributed by atoms with Crippen LogP contribution in [0.1, 0.15) is 31.9 Å². The van der Waals surface area contributed by atoms with Gasteiger partial charge >= 0.3 is 12.4 Å². The number of ether oxygens (including phenoxy) is 3. The third-order valence-electron chi connectivity index (χ3n) is 5.65. The van der Waals surface area contributed by atoms with Gasteiger partial charge in [0.2, 0.25) is 0 Å². The monoisotopic (exact) mass is 483 g/mol. The molecule has 0 bridgehead atoms. The van der Waals surface area contributed by atoms with Gasteiger partial charge in [-0.2, -0.15) is 0 Å². The quantitative estimate of drug-likeness (QED) is 0.408. The van der Waals surface area contributed by atoms with Gasteiger partial charge in [0.25, 0.3) is 0 Å². The molecule has 0 saturated carbocycles. The van der Waals surface area contributed by atoms with Gasteiger partial charge in [-0.25, -0.2) is 9.78 Å². The van der Waals surface area contributed by atoms with E-state index in [2.05, 4.69) is 20.1 Å². The Bertz CT molecular complexity index is 1250. The zero-order valence-electron chi connectivity index (χ0n) is 19.9. The predicted molar refractivity (Wildman–Crippen MR) is 129 cm³/mol. The number of hydrogen-bond acceptors (Lipinski definition) is 6. The minimum Gasteiger partial charge on any atom is -0.450 e. The fourth-order valence-electron chi connectivity index (χ4n) is 3.73. The summed E-state index contributed by atoms with van der Waals surface area (Å²) in [5.74, 6) is 0.703. The summed E-state index contributed by atoms with van der Waals surface area (Å²) in [4.78, 5) is 16.5. The fourth-order valence-corrected chi connectivity index (χ4v) is 3.73. The SMILES string of the molecule is CCOC(=O)Nc1cccc(-c2nc(NCC(C)(C)c3ccc4c(c3)OC(F)(F)O4)ccc2C)c1. The summed E-state index contributed by atoms with van der Waals surface area (Å²) in [6, 6.07) is 16.0. The second kappa shape index (κ2) is 9.40. The summed E-state index contributed by atoms with van der Waals surface area (Å²) in [6.45, 7) is 8.47. The van der Waals surface area contributed by atoms with E-state index in [1.165, 1.54) is 6.07 Å². The van der Waals surface area contributed by atoms with Crippen LogP contribution in [0.3, 0.4) is 0 Å². The van der Waals surface area contributed by atoms with Gasteiger partial charge in [0, 0.05) is 23.2 Å². The first-order valence-corrected chi connectivity index (χ1v) is 11.2. The summed E-state index contributed by atoms with van der Waals surface area (Å²) in [6.07, 6.45) is -4.16. The molecule has 9 heteroatoms. The van der Waals surface area contributed by atoms with E-state index in [4.69, 9.17) is 9.72 Å². The first-order chi connectivity index (χ1) is 16.6.